The normalized spacial score (nSPS) is 11.2. The van der Waals surface area contributed by atoms with Gasteiger partial charge in [0.2, 0.25) is 10.0 Å². The van der Waals surface area contributed by atoms with E-state index in [0.29, 0.717) is 5.56 Å². The maximum atomic E-state index is 11.5. The zero-order valence-corrected chi connectivity index (χ0v) is 9.15. The highest BCUT2D eigenvalue weighted by atomic mass is 32.2. The Morgan fingerprint density at radius 3 is 2.50 bits per heavy atom. The minimum atomic E-state index is -3.49. The summed E-state index contributed by atoms with van der Waals surface area (Å²) in [5.74, 6) is 0. The Balaban J connectivity index is 3.42. The van der Waals surface area contributed by atoms with Crippen LogP contribution >= 0.6 is 12.2 Å². The van der Waals surface area contributed by atoms with Gasteiger partial charge in [0.25, 0.3) is 0 Å². The van der Waals surface area contributed by atoms with Crippen molar-refractivity contribution in [3.05, 3.63) is 29.8 Å². The fourth-order valence-corrected chi connectivity index (χ4v) is 2.20. The molecular weight excluding hydrogens is 220 g/mol. The Kier molecular flexibility index (Phi) is 3.20. The van der Waals surface area contributed by atoms with Gasteiger partial charge in [-0.05, 0) is 13.1 Å². The van der Waals surface area contributed by atoms with Crippen LogP contribution in [0.25, 0.3) is 0 Å². The number of benzene rings is 1. The van der Waals surface area contributed by atoms with Crippen LogP contribution in [-0.4, -0.2) is 20.5 Å². The lowest BCUT2D eigenvalue weighted by Gasteiger charge is -2.07. The number of sulfonamides is 1. The Morgan fingerprint density at radius 1 is 1.43 bits per heavy atom. The molecule has 0 bridgehead atoms. The summed E-state index contributed by atoms with van der Waals surface area (Å²) < 4.78 is 25.2. The van der Waals surface area contributed by atoms with E-state index >= 15 is 0 Å². The van der Waals surface area contributed by atoms with Gasteiger partial charge < -0.3 is 5.73 Å². The van der Waals surface area contributed by atoms with Gasteiger partial charge in [0, 0.05) is 5.56 Å². The van der Waals surface area contributed by atoms with Gasteiger partial charge in [-0.1, -0.05) is 30.4 Å². The van der Waals surface area contributed by atoms with E-state index in [1.807, 2.05) is 0 Å². The van der Waals surface area contributed by atoms with E-state index in [1.54, 1.807) is 18.2 Å². The summed E-state index contributed by atoms with van der Waals surface area (Å²) in [5.41, 5.74) is 5.76. The van der Waals surface area contributed by atoms with Gasteiger partial charge in [-0.25, -0.2) is 13.1 Å². The first-order valence-electron chi connectivity index (χ1n) is 3.81. The minimum Gasteiger partial charge on any atom is -0.389 e. The van der Waals surface area contributed by atoms with Crippen LogP contribution in [0.1, 0.15) is 5.56 Å². The molecule has 3 N–H and O–H groups in total. The fourth-order valence-electron chi connectivity index (χ4n) is 1.01. The highest BCUT2D eigenvalue weighted by Gasteiger charge is 2.16. The molecule has 4 nitrogen and oxygen atoms in total. The van der Waals surface area contributed by atoms with Crippen LogP contribution in [0.15, 0.2) is 29.2 Å². The molecule has 0 aliphatic rings. The number of rotatable bonds is 3. The number of thiocarbonyl (C=S) groups is 1. The third kappa shape index (κ3) is 2.09. The second-order valence-electron chi connectivity index (χ2n) is 2.57. The number of nitrogens with two attached hydrogens (primary N) is 1. The summed E-state index contributed by atoms with van der Waals surface area (Å²) in [4.78, 5) is 0.175. The van der Waals surface area contributed by atoms with E-state index < -0.39 is 10.0 Å². The molecule has 0 fully saturated rings. The first-order chi connectivity index (χ1) is 6.49. The molecule has 0 spiro atoms. The Bertz CT molecular complexity index is 454. The van der Waals surface area contributed by atoms with Gasteiger partial charge in [0.05, 0.1) is 4.90 Å². The van der Waals surface area contributed by atoms with Crippen LogP contribution in [0, 0.1) is 0 Å². The predicted octanol–water partition coefficient (Wildman–Crippen LogP) is 0.229. The van der Waals surface area contributed by atoms with Gasteiger partial charge in [0.15, 0.2) is 0 Å². The molecule has 0 aliphatic carbocycles. The number of nitrogens with one attached hydrogen (secondary N) is 1. The van der Waals surface area contributed by atoms with Crippen molar-refractivity contribution in [2.45, 2.75) is 4.90 Å². The first kappa shape index (κ1) is 11.1. The monoisotopic (exact) mass is 230 g/mol. The zero-order chi connectivity index (χ0) is 10.8. The lowest BCUT2D eigenvalue weighted by Crippen LogP contribution is -2.23. The zero-order valence-electron chi connectivity index (χ0n) is 7.52. The van der Waals surface area contributed by atoms with Crippen LogP contribution in [0.5, 0.6) is 0 Å². The van der Waals surface area contributed by atoms with Gasteiger partial charge in [-0.3, -0.25) is 0 Å². The summed E-state index contributed by atoms with van der Waals surface area (Å²) in [6.07, 6.45) is 0. The molecule has 1 rings (SSSR count). The standard InChI is InChI=1S/C8H10N2O2S2/c1-10-14(11,12)7-5-3-2-4-6(7)8(9)13/h2-5,10H,1H3,(H2,9,13). The van der Waals surface area contributed by atoms with Crippen LogP contribution < -0.4 is 10.5 Å². The van der Waals surface area contributed by atoms with Crippen molar-refractivity contribution in [3.63, 3.8) is 0 Å². The van der Waals surface area contributed by atoms with E-state index in [4.69, 9.17) is 18.0 Å². The fraction of sp³-hybridized carbons (Fsp3) is 0.125. The molecule has 76 valence electrons. The van der Waals surface area contributed by atoms with Gasteiger partial charge >= 0.3 is 0 Å². The third-order valence-electron chi connectivity index (χ3n) is 1.71. The maximum Gasteiger partial charge on any atom is 0.241 e. The molecule has 1 aromatic carbocycles. The molecule has 0 saturated heterocycles. The quantitative estimate of drug-likeness (QED) is 0.729. The van der Waals surface area contributed by atoms with Gasteiger partial charge in [-0.15, -0.1) is 0 Å². The third-order valence-corrected chi connectivity index (χ3v) is 3.40. The van der Waals surface area contributed by atoms with E-state index in [1.165, 1.54) is 13.1 Å². The summed E-state index contributed by atoms with van der Waals surface area (Å²) >= 11 is 4.75. The van der Waals surface area contributed by atoms with Gasteiger partial charge in [-0.2, -0.15) is 0 Å². The molecule has 0 amide bonds. The average molecular weight is 230 g/mol. The molecule has 6 heteroatoms. The van der Waals surface area contributed by atoms with Crippen molar-refractivity contribution in [3.8, 4) is 0 Å². The second-order valence-corrected chi connectivity index (χ2v) is 4.86. The summed E-state index contributed by atoms with van der Waals surface area (Å²) in [5, 5.41) is 0. The van der Waals surface area contributed by atoms with Crippen LogP contribution in [0.3, 0.4) is 0 Å². The molecule has 0 aromatic heterocycles. The number of hydrogen-bond acceptors (Lipinski definition) is 3. The van der Waals surface area contributed by atoms with Crippen molar-refractivity contribution in [2.24, 2.45) is 5.73 Å². The largest absolute Gasteiger partial charge is 0.389 e. The topological polar surface area (TPSA) is 72.2 Å². The van der Waals surface area contributed by atoms with Crippen LogP contribution in [0.4, 0.5) is 0 Å². The van der Waals surface area contributed by atoms with Crippen LogP contribution in [0.2, 0.25) is 0 Å². The van der Waals surface area contributed by atoms with Crippen molar-refractivity contribution in [1.82, 2.24) is 4.72 Å². The Labute approximate surface area is 88.2 Å². The smallest absolute Gasteiger partial charge is 0.241 e. The summed E-state index contributed by atoms with van der Waals surface area (Å²) in [7, 11) is -2.15. The minimum absolute atomic E-state index is 0.0689. The molecule has 1 aromatic rings. The van der Waals surface area contributed by atoms with Crippen molar-refractivity contribution in [2.75, 3.05) is 7.05 Å². The molecule has 0 saturated carbocycles. The highest BCUT2D eigenvalue weighted by Crippen LogP contribution is 2.14. The van der Waals surface area contributed by atoms with Crippen LogP contribution in [-0.2, 0) is 10.0 Å². The Morgan fingerprint density at radius 2 is 2.00 bits per heavy atom. The van der Waals surface area contributed by atoms with E-state index in [-0.39, 0.29) is 9.88 Å². The lowest BCUT2D eigenvalue weighted by atomic mass is 10.2. The highest BCUT2D eigenvalue weighted by molar-refractivity contribution is 7.89. The molecule has 0 radical (unpaired) electrons. The predicted molar refractivity (Wildman–Crippen MR) is 58.6 cm³/mol. The maximum absolute atomic E-state index is 11.5. The second kappa shape index (κ2) is 4.04. The van der Waals surface area contributed by atoms with Gasteiger partial charge in [0.1, 0.15) is 4.99 Å². The summed E-state index contributed by atoms with van der Waals surface area (Å²) in [6.45, 7) is 0. The van der Waals surface area contributed by atoms with E-state index in [0.717, 1.165) is 0 Å². The first-order valence-corrected chi connectivity index (χ1v) is 5.70. The van der Waals surface area contributed by atoms with Crippen molar-refractivity contribution >= 4 is 27.2 Å². The van der Waals surface area contributed by atoms with E-state index in [2.05, 4.69) is 4.72 Å². The summed E-state index contributed by atoms with van der Waals surface area (Å²) in [6, 6.07) is 6.34. The van der Waals surface area contributed by atoms with Crippen molar-refractivity contribution in [1.29, 1.82) is 0 Å². The lowest BCUT2D eigenvalue weighted by molar-refractivity contribution is 0.588. The molecule has 0 aliphatic heterocycles. The molecule has 0 unspecified atom stereocenters. The Hall–Kier alpha value is -0.980. The molecular formula is C8H10N2O2S2. The van der Waals surface area contributed by atoms with E-state index in [9.17, 15) is 8.42 Å². The molecule has 0 heterocycles. The average Bonchev–Trinajstić information content (AvgIpc) is 2.18. The molecule has 14 heavy (non-hydrogen) atoms. The number of hydrogen-bond donors (Lipinski definition) is 2. The SMILES string of the molecule is CNS(=O)(=O)c1ccccc1C(N)=S. The molecule has 0 atom stereocenters. The van der Waals surface area contributed by atoms with Crippen molar-refractivity contribution < 1.29 is 8.42 Å².